The van der Waals surface area contributed by atoms with Gasteiger partial charge in [-0.25, -0.2) is 0 Å². The van der Waals surface area contributed by atoms with Gasteiger partial charge in [-0.3, -0.25) is 4.79 Å². The molecule has 72 valence electrons. The molecule has 0 aromatic heterocycles. The van der Waals surface area contributed by atoms with Crippen LogP contribution in [-0.2, 0) is 9.53 Å². The van der Waals surface area contributed by atoms with Crippen LogP contribution in [0.2, 0.25) is 0 Å². The Kier molecular flexibility index (Phi) is 2.49. The van der Waals surface area contributed by atoms with Crippen molar-refractivity contribution in [1.82, 2.24) is 0 Å². The normalized spacial score (nSPS) is 28.1. The summed E-state index contributed by atoms with van der Waals surface area (Å²) in [6.45, 7) is 2.60. The van der Waals surface area contributed by atoms with Crippen LogP contribution in [0, 0.1) is 0 Å². The van der Waals surface area contributed by atoms with E-state index in [0.717, 1.165) is 24.8 Å². The van der Waals surface area contributed by atoms with Gasteiger partial charge < -0.3 is 4.74 Å². The molecule has 2 aliphatic rings. The van der Waals surface area contributed by atoms with Gasteiger partial charge in [0.05, 0.1) is 0 Å². The van der Waals surface area contributed by atoms with Gasteiger partial charge in [0, 0.05) is 13.0 Å². The van der Waals surface area contributed by atoms with Crippen molar-refractivity contribution >= 4 is 5.78 Å². The summed E-state index contributed by atoms with van der Waals surface area (Å²) in [7, 11) is 0. The summed E-state index contributed by atoms with van der Waals surface area (Å²) in [4.78, 5) is 11.7. The molecule has 13 heavy (non-hydrogen) atoms. The summed E-state index contributed by atoms with van der Waals surface area (Å²) in [5, 5.41) is 0. The molecule has 2 heteroatoms. The minimum atomic E-state index is -0.131. The first kappa shape index (κ1) is 8.95. The van der Waals surface area contributed by atoms with E-state index in [1.807, 2.05) is 6.92 Å². The molecular formula is C11H16O2. The molecule has 0 aromatic rings. The zero-order valence-corrected chi connectivity index (χ0v) is 8.14. The summed E-state index contributed by atoms with van der Waals surface area (Å²) in [6.07, 6.45) is 5.31. The molecule has 0 saturated carbocycles. The summed E-state index contributed by atoms with van der Waals surface area (Å²) >= 11 is 0. The number of ketones is 1. The maximum atomic E-state index is 11.7. The van der Waals surface area contributed by atoms with E-state index >= 15 is 0 Å². The molecule has 0 fully saturated rings. The molecule has 0 bridgehead atoms. The molecule has 2 nitrogen and oxygen atoms in total. The molecule has 2 aliphatic carbocycles. The van der Waals surface area contributed by atoms with Gasteiger partial charge in [-0.05, 0) is 38.2 Å². The molecule has 0 N–H and O–H groups in total. The Labute approximate surface area is 79.0 Å². The second-order valence-electron chi connectivity index (χ2n) is 3.80. The average Bonchev–Trinajstić information content (AvgIpc) is 2.46. The van der Waals surface area contributed by atoms with Crippen LogP contribution in [-0.4, -0.2) is 18.5 Å². The van der Waals surface area contributed by atoms with E-state index in [1.54, 1.807) is 0 Å². The van der Waals surface area contributed by atoms with E-state index in [2.05, 4.69) is 0 Å². The third-order valence-electron chi connectivity index (χ3n) is 2.97. The lowest BCUT2D eigenvalue weighted by Crippen LogP contribution is -2.20. The molecule has 0 aromatic carbocycles. The van der Waals surface area contributed by atoms with Crippen molar-refractivity contribution in [2.45, 2.75) is 45.1 Å². The monoisotopic (exact) mass is 180 g/mol. The van der Waals surface area contributed by atoms with Crippen molar-refractivity contribution in [2.75, 3.05) is 6.61 Å². The summed E-state index contributed by atoms with van der Waals surface area (Å²) in [5.41, 5.74) is 2.49. The smallest absolute Gasteiger partial charge is 0.187 e. The van der Waals surface area contributed by atoms with Crippen molar-refractivity contribution in [3.63, 3.8) is 0 Å². The lowest BCUT2D eigenvalue weighted by Gasteiger charge is -2.11. The van der Waals surface area contributed by atoms with Gasteiger partial charge in [-0.15, -0.1) is 0 Å². The number of ether oxygens (including phenoxy) is 1. The van der Waals surface area contributed by atoms with E-state index in [0.29, 0.717) is 6.61 Å². The zero-order valence-electron chi connectivity index (χ0n) is 8.14. The fourth-order valence-corrected chi connectivity index (χ4v) is 2.34. The van der Waals surface area contributed by atoms with Crippen LogP contribution in [0.15, 0.2) is 11.1 Å². The van der Waals surface area contributed by atoms with Gasteiger partial charge in [-0.1, -0.05) is 5.57 Å². The fourth-order valence-electron chi connectivity index (χ4n) is 2.34. The van der Waals surface area contributed by atoms with Crippen molar-refractivity contribution in [1.29, 1.82) is 0 Å². The second-order valence-corrected chi connectivity index (χ2v) is 3.80. The maximum Gasteiger partial charge on any atom is 0.187 e. The Morgan fingerprint density at radius 2 is 2.15 bits per heavy atom. The van der Waals surface area contributed by atoms with Crippen molar-refractivity contribution < 1.29 is 9.53 Å². The van der Waals surface area contributed by atoms with E-state index in [1.165, 1.54) is 18.4 Å². The van der Waals surface area contributed by atoms with Crippen LogP contribution >= 0.6 is 0 Å². The number of Topliss-reactive ketones (excluding diaryl/α,β-unsaturated/α-hetero) is 1. The van der Waals surface area contributed by atoms with Crippen LogP contribution < -0.4 is 0 Å². The van der Waals surface area contributed by atoms with E-state index in [-0.39, 0.29) is 11.9 Å². The van der Waals surface area contributed by atoms with Gasteiger partial charge in [0.1, 0.15) is 6.10 Å². The molecule has 0 unspecified atom stereocenters. The minimum absolute atomic E-state index is 0.131. The summed E-state index contributed by atoms with van der Waals surface area (Å²) in [6, 6.07) is 0. The molecule has 0 spiro atoms. The minimum Gasteiger partial charge on any atom is -0.370 e. The van der Waals surface area contributed by atoms with Crippen molar-refractivity contribution in [3.05, 3.63) is 11.1 Å². The Balaban J connectivity index is 2.10. The number of hydrogen-bond donors (Lipinski definition) is 0. The number of carbonyl (C=O) groups is 1. The Morgan fingerprint density at radius 3 is 2.85 bits per heavy atom. The maximum absolute atomic E-state index is 11.7. The van der Waals surface area contributed by atoms with Crippen LogP contribution in [0.3, 0.4) is 0 Å². The SMILES string of the molecule is CCO[C@@H]1CC2=C(CCCC2)C1=O. The molecule has 1 atom stereocenters. The van der Waals surface area contributed by atoms with Gasteiger partial charge in [0.25, 0.3) is 0 Å². The lowest BCUT2D eigenvalue weighted by atomic mass is 9.94. The molecule has 0 aliphatic heterocycles. The zero-order chi connectivity index (χ0) is 9.26. The number of carbonyl (C=O) groups excluding carboxylic acids is 1. The van der Waals surface area contributed by atoms with E-state index in [9.17, 15) is 4.79 Å². The fraction of sp³-hybridized carbons (Fsp3) is 0.727. The lowest BCUT2D eigenvalue weighted by molar-refractivity contribution is -0.125. The quantitative estimate of drug-likeness (QED) is 0.651. The van der Waals surface area contributed by atoms with Gasteiger partial charge in [0.2, 0.25) is 0 Å². The summed E-state index contributed by atoms with van der Waals surface area (Å²) in [5.74, 6) is 0.275. The summed E-state index contributed by atoms with van der Waals surface area (Å²) < 4.78 is 5.42. The molecular weight excluding hydrogens is 164 g/mol. The predicted octanol–water partition coefficient (Wildman–Crippen LogP) is 2.23. The molecule has 0 heterocycles. The van der Waals surface area contributed by atoms with Crippen molar-refractivity contribution in [3.8, 4) is 0 Å². The van der Waals surface area contributed by atoms with E-state index in [4.69, 9.17) is 4.74 Å². The van der Waals surface area contributed by atoms with Gasteiger partial charge in [-0.2, -0.15) is 0 Å². The third-order valence-corrected chi connectivity index (χ3v) is 2.97. The molecule has 0 radical (unpaired) electrons. The number of hydrogen-bond acceptors (Lipinski definition) is 2. The third kappa shape index (κ3) is 1.55. The highest BCUT2D eigenvalue weighted by Gasteiger charge is 2.33. The first-order valence-corrected chi connectivity index (χ1v) is 5.19. The number of rotatable bonds is 2. The van der Waals surface area contributed by atoms with E-state index < -0.39 is 0 Å². The molecule has 0 amide bonds. The molecule has 0 saturated heterocycles. The van der Waals surface area contributed by atoms with Crippen LogP contribution in [0.5, 0.6) is 0 Å². The molecule has 2 rings (SSSR count). The first-order chi connectivity index (χ1) is 6.33. The topological polar surface area (TPSA) is 26.3 Å². The Hall–Kier alpha value is -0.630. The second kappa shape index (κ2) is 3.62. The van der Waals surface area contributed by atoms with Crippen LogP contribution in [0.4, 0.5) is 0 Å². The predicted molar refractivity (Wildman–Crippen MR) is 50.5 cm³/mol. The highest BCUT2D eigenvalue weighted by atomic mass is 16.5. The highest BCUT2D eigenvalue weighted by molar-refractivity contribution is 6.02. The highest BCUT2D eigenvalue weighted by Crippen LogP contribution is 2.35. The first-order valence-electron chi connectivity index (χ1n) is 5.19. The van der Waals surface area contributed by atoms with Gasteiger partial charge >= 0.3 is 0 Å². The van der Waals surface area contributed by atoms with Crippen LogP contribution in [0.1, 0.15) is 39.0 Å². The van der Waals surface area contributed by atoms with Gasteiger partial charge in [0.15, 0.2) is 5.78 Å². The van der Waals surface area contributed by atoms with Crippen LogP contribution in [0.25, 0.3) is 0 Å². The Morgan fingerprint density at radius 1 is 1.38 bits per heavy atom. The van der Waals surface area contributed by atoms with Crippen molar-refractivity contribution in [2.24, 2.45) is 0 Å². The Bertz CT molecular complexity index is 253. The standard InChI is InChI=1S/C11H16O2/c1-2-13-10-7-8-5-3-4-6-9(8)11(10)12/h10H,2-7H2,1H3/t10-/m1/s1. The largest absolute Gasteiger partial charge is 0.370 e. The average molecular weight is 180 g/mol.